The lowest BCUT2D eigenvalue weighted by molar-refractivity contribution is -0.128. The number of nitrogens with zero attached hydrogens (tertiary/aromatic N) is 2. The molecule has 3 aromatic rings. The Hall–Kier alpha value is -3.40. The van der Waals surface area contributed by atoms with Crippen LogP contribution in [-0.4, -0.2) is 43.0 Å². The Bertz CT molecular complexity index is 1170. The van der Waals surface area contributed by atoms with Crippen LogP contribution >= 0.6 is 0 Å². The summed E-state index contributed by atoms with van der Waals surface area (Å²) in [6.07, 6.45) is -0.383. The number of hydrogen-bond donors (Lipinski definition) is 1. The van der Waals surface area contributed by atoms with E-state index in [9.17, 15) is 13.2 Å². The molecule has 0 saturated carbocycles. The van der Waals surface area contributed by atoms with Crippen molar-refractivity contribution in [3.8, 4) is 23.0 Å². The lowest BCUT2D eigenvalue weighted by Gasteiger charge is -2.30. The van der Waals surface area contributed by atoms with Gasteiger partial charge >= 0.3 is 6.01 Å². The monoisotopic (exact) mass is 415 g/mol. The fourth-order valence-corrected chi connectivity index (χ4v) is 3.81. The zero-order valence-electron chi connectivity index (χ0n) is 15.5. The van der Waals surface area contributed by atoms with Gasteiger partial charge in [0.25, 0.3) is 11.8 Å². The number of fused-ring (bicyclic) bond motifs is 1. The molecule has 10 heteroatoms. The molecular weight excluding hydrogens is 398 g/mol. The molecule has 150 valence electrons. The number of hydrogen-bond acceptors (Lipinski definition) is 8. The molecule has 2 aromatic carbocycles. The van der Waals surface area contributed by atoms with Crippen molar-refractivity contribution in [2.45, 2.75) is 24.0 Å². The van der Waals surface area contributed by atoms with Crippen LogP contribution < -0.4 is 14.8 Å². The maximum absolute atomic E-state index is 12.6. The molecular formula is C19H17N3O6S. The normalized spacial score (nSPS) is 18.3. The highest BCUT2D eigenvalue weighted by Gasteiger charge is 2.35. The predicted molar refractivity (Wildman–Crippen MR) is 102 cm³/mol. The van der Waals surface area contributed by atoms with E-state index < -0.39 is 28.0 Å². The Morgan fingerprint density at radius 3 is 2.38 bits per heavy atom. The lowest BCUT2D eigenvalue weighted by Crippen LogP contribution is -2.46. The standard InChI is InChI=1S/C19H17N3O6S/c1-11-16(27-14-9-5-4-8-13(14)26-11)17(23)20-19-22-21-18(28-19)12-7-3-6-10-15(12)29(2,24)25/h3-11,16H,1-2H3,(H,20,22,23). The molecule has 0 fully saturated rings. The number of para-hydroxylation sites is 2. The highest BCUT2D eigenvalue weighted by Crippen LogP contribution is 2.34. The third-order valence-corrected chi connectivity index (χ3v) is 5.43. The van der Waals surface area contributed by atoms with Crippen LogP contribution in [0.1, 0.15) is 6.92 Å². The molecule has 1 aliphatic heterocycles. The summed E-state index contributed by atoms with van der Waals surface area (Å²) in [5.41, 5.74) is 0.252. The molecule has 29 heavy (non-hydrogen) atoms. The maximum atomic E-state index is 12.6. The zero-order chi connectivity index (χ0) is 20.6. The molecule has 2 unspecified atom stereocenters. The van der Waals surface area contributed by atoms with Crippen LogP contribution in [0.2, 0.25) is 0 Å². The molecule has 0 spiro atoms. The largest absolute Gasteiger partial charge is 0.482 e. The van der Waals surface area contributed by atoms with Crippen molar-refractivity contribution in [3.63, 3.8) is 0 Å². The van der Waals surface area contributed by atoms with E-state index >= 15 is 0 Å². The van der Waals surface area contributed by atoms with Crippen LogP contribution in [0.5, 0.6) is 11.5 Å². The Balaban J connectivity index is 1.54. The molecule has 0 bridgehead atoms. The molecule has 4 rings (SSSR count). The summed E-state index contributed by atoms with van der Waals surface area (Å²) >= 11 is 0. The molecule has 1 amide bonds. The first-order valence-corrected chi connectivity index (χ1v) is 10.6. The highest BCUT2D eigenvalue weighted by atomic mass is 32.2. The fraction of sp³-hybridized carbons (Fsp3) is 0.211. The summed E-state index contributed by atoms with van der Waals surface area (Å²) in [5, 5.41) is 10.1. The van der Waals surface area contributed by atoms with Gasteiger partial charge in [0.2, 0.25) is 6.10 Å². The number of carbonyl (C=O) groups is 1. The molecule has 0 radical (unpaired) electrons. The van der Waals surface area contributed by atoms with Gasteiger partial charge in [-0.25, -0.2) is 8.42 Å². The van der Waals surface area contributed by atoms with Crippen LogP contribution in [-0.2, 0) is 14.6 Å². The number of aromatic nitrogens is 2. The Kier molecular flexibility index (Phi) is 4.71. The van der Waals surface area contributed by atoms with E-state index in [-0.39, 0.29) is 22.4 Å². The van der Waals surface area contributed by atoms with Gasteiger partial charge in [0, 0.05) is 6.26 Å². The molecule has 0 saturated heterocycles. The first kappa shape index (κ1) is 18.9. The summed E-state index contributed by atoms with van der Waals surface area (Å²) < 4.78 is 40.8. The molecule has 2 heterocycles. The molecule has 1 aliphatic rings. The van der Waals surface area contributed by atoms with Gasteiger partial charge in [-0.1, -0.05) is 29.4 Å². The first-order valence-electron chi connectivity index (χ1n) is 8.69. The Morgan fingerprint density at radius 2 is 1.66 bits per heavy atom. The molecule has 1 aromatic heterocycles. The fourth-order valence-electron chi connectivity index (χ4n) is 2.93. The number of sulfone groups is 1. The Labute approximate surface area is 166 Å². The van der Waals surface area contributed by atoms with Gasteiger partial charge in [-0.3, -0.25) is 10.1 Å². The van der Waals surface area contributed by atoms with E-state index in [2.05, 4.69) is 15.5 Å². The zero-order valence-corrected chi connectivity index (χ0v) is 16.3. The molecule has 2 atom stereocenters. The number of anilines is 1. The quantitative estimate of drug-likeness (QED) is 0.689. The van der Waals surface area contributed by atoms with E-state index in [1.165, 1.54) is 6.07 Å². The minimum Gasteiger partial charge on any atom is -0.482 e. The predicted octanol–water partition coefficient (Wildman–Crippen LogP) is 2.31. The topological polar surface area (TPSA) is 121 Å². The highest BCUT2D eigenvalue weighted by molar-refractivity contribution is 7.90. The maximum Gasteiger partial charge on any atom is 0.322 e. The van der Waals surface area contributed by atoms with Crippen LogP contribution in [0.4, 0.5) is 6.01 Å². The van der Waals surface area contributed by atoms with E-state index in [0.717, 1.165) is 6.26 Å². The van der Waals surface area contributed by atoms with E-state index in [1.54, 1.807) is 43.3 Å². The van der Waals surface area contributed by atoms with E-state index in [1.807, 2.05) is 6.07 Å². The second-order valence-electron chi connectivity index (χ2n) is 6.48. The summed E-state index contributed by atoms with van der Waals surface area (Å²) in [6.45, 7) is 1.71. The average Bonchev–Trinajstić information content (AvgIpc) is 3.15. The number of rotatable bonds is 4. The van der Waals surface area contributed by atoms with Gasteiger partial charge in [-0.05, 0) is 31.2 Å². The smallest absolute Gasteiger partial charge is 0.322 e. The van der Waals surface area contributed by atoms with Crippen molar-refractivity contribution in [1.82, 2.24) is 10.2 Å². The second-order valence-corrected chi connectivity index (χ2v) is 8.46. The summed E-state index contributed by atoms with van der Waals surface area (Å²) in [7, 11) is -3.50. The summed E-state index contributed by atoms with van der Waals surface area (Å²) in [6, 6.07) is 13.1. The van der Waals surface area contributed by atoms with Crippen molar-refractivity contribution >= 4 is 21.8 Å². The molecule has 9 nitrogen and oxygen atoms in total. The minimum atomic E-state index is -3.50. The van der Waals surface area contributed by atoms with Crippen molar-refractivity contribution in [3.05, 3.63) is 48.5 Å². The van der Waals surface area contributed by atoms with Gasteiger partial charge in [0.1, 0.15) is 6.10 Å². The first-order chi connectivity index (χ1) is 13.8. The number of benzene rings is 2. The van der Waals surface area contributed by atoms with Crippen molar-refractivity contribution in [2.24, 2.45) is 0 Å². The van der Waals surface area contributed by atoms with Crippen LogP contribution in [0.3, 0.4) is 0 Å². The number of ether oxygens (including phenoxy) is 2. The third-order valence-electron chi connectivity index (χ3n) is 4.27. The average molecular weight is 415 g/mol. The molecule has 1 N–H and O–H groups in total. The Morgan fingerprint density at radius 1 is 1.00 bits per heavy atom. The van der Waals surface area contributed by atoms with Crippen LogP contribution in [0.25, 0.3) is 11.5 Å². The second kappa shape index (κ2) is 7.21. The number of nitrogens with one attached hydrogen (secondary N) is 1. The number of carbonyl (C=O) groups excluding carboxylic acids is 1. The van der Waals surface area contributed by atoms with Gasteiger partial charge < -0.3 is 13.9 Å². The van der Waals surface area contributed by atoms with Crippen molar-refractivity contribution in [1.29, 1.82) is 0 Å². The van der Waals surface area contributed by atoms with Crippen LogP contribution in [0, 0.1) is 0 Å². The van der Waals surface area contributed by atoms with E-state index in [0.29, 0.717) is 11.5 Å². The van der Waals surface area contributed by atoms with Gasteiger partial charge in [-0.15, -0.1) is 5.10 Å². The lowest BCUT2D eigenvalue weighted by atomic mass is 10.1. The minimum absolute atomic E-state index is 0.0273. The van der Waals surface area contributed by atoms with Gasteiger partial charge in [0.05, 0.1) is 10.5 Å². The van der Waals surface area contributed by atoms with Gasteiger partial charge in [0.15, 0.2) is 21.3 Å². The van der Waals surface area contributed by atoms with Crippen molar-refractivity contribution < 1.29 is 27.1 Å². The van der Waals surface area contributed by atoms with Crippen LogP contribution in [0.15, 0.2) is 57.8 Å². The third kappa shape index (κ3) is 3.79. The van der Waals surface area contributed by atoms with Gasteiger partial charge in [-0.2, -0.15) is 0 Å². The van der Waals surface area contributed by atoms with Crippen molar-refractivity contribution in [2.75, 3.05) is 11.6 Å². The number of amides is 1. The SMILES string of the molecule is CC1Oc2ccccc2OC1C(=O)Nc1nnc(-c2ccccc2S(C)(=O)=O)o1. The molecule has 0 aliphatic carbocycles. The summed E-state index contributed by atoms with van der Waals surface area (Å²) in [5.74, 6) is 0.458. The van der Waals surface area contributed by atoms with E-state index in [4.69, 9.17) is 13.9 Å². The summed E-state index contributed by atoms with van der Waals surface area (Å²) in [4.78, 5) is 12.7.